The summed E-state index contributed by atoms with van der Waals surface area (Å²) >= 11 is 6.07. The van der Waals surface area contributed by atoms with Gasteiger partial charge in [0.2, 0.25) is 17.8 Å². The number of anilines is 2. The number of imide groups is 1. The standard InChI is InChI=1S/C11H14ClN5O2/c1-3-7-10(19)15-8(18)5-17(7)9-6(12)4-14-11(13-2)16-9/h4,7H,3,5H2,1-2H3,(H,13,14,16)(H,15,18,19). The van der Waals surface area contributed by atoms with E-state index in [4.69, 9.17) is 11.6 Å². The minimum absolute atomic E-state index is 0.0458. The van der Waals surface area contributed by atoms with Gasteiger partial charge in [0.15, 0.2) is 5.82 Å². The fourth-order valence-corrected chi connectivity index (χ4v) is 2.17. The molecule has 1 saturated heterocycles. The predicted octanol–water partition coefficient (Wildman–Crippen LogP) is 0.413. The van der Waals surface area contributed by atoms with Gasteiger partial charge in [-0.15, -0.1) is 0 Å². The summed E-state index contributed by atoms with van der Waals surface area (Å²) in [5.41, 5.74) is 0. The fraction of sp³-hybridized carbons (Fsp3) is 0.455. The lowest BCUT2D eigenvalue weighted by Crippen LogP contribution is -2.58. The molecule has 19 heavy (non-hydrogen) atoms. The molecule has 2 amide bonds. The Hall–Kier alpha value is -1.89. The van der Waals surface area contributed by atoms with E-state index in [0.29, 0.717) is 23.2 Å². The van der Waals surface area contributed by atoms with Crippen LogP contribution in [0.1, 0.15) is 13.3 Å². The number of aromatic nitrogens is 2. The summed E-state index contributed by atoms with van der Waals surface area (Å²) in [5, 5.41) is 5.41. The second kappa shape index (κ2) is 5.40. The van der Waals surface area contributed by atoms with Gasteiger partial charge in [-0.2, -0.15) is 4.98 Å². The molecule has 1 unspecified atom stereocenters. The van der Waals surface area contributed by atoms with Gasteiger partial charge in [0.05, 0.1) is 12.7 Å². The Morgan fingerprint density at radius 3 is 2.95 bits per heavy atom. The van der Waals surface area contributed by atoms with Gasteiger partial charge in [-0.05, 0) is 6.42 Å². The molecule has 1 fully saturated rings. The van der Waals surface area contributed by atoms with Crippen LogP contribution >= 0.6 is 11.6 Å². The summed E-state index contributed by atoms with van der Waals surface area (Å²) in [6.45, 7) is 1.91. The van der Waals surface area contributed by atoms with E-state index in [1.54, 1.807) is 11.9 Å². The molecule has 1 aromatic heterocycles. The Kier molecular flexibility index (Phi) is 3.84. The first kappa shape index (κ1) is 13.5. The van der Waals surface area contributed by atoms with E-state index in [-0.39, 0.29) is 18.4 Å². The molecule has 7 nitrogen and oxygen atoms in total. The Labute approximate surface area is 115 Å². The highest BCUT2D eigenvalue weighted by atomic mass is 35.5. The summed E-state index contributed by atoms with van der Waals surface area (Å²) in [5.74, 6) is 0.0681. The number of rotatable bonds is 3. The third-order valence-electron chi connectivity index (χ3n) is 2.86. The van der Waals surface area contributed by atoms with Crippen LogP contribution in [0, 0.1) is 0 Å². The van der Waals surface area contributed by atoms with Crippen LogP contribution in [0.4, 0.5) is 11.8 Å². The van der Waals surface area contributed by atoms with Gasteiger partial charge in [0.25, 0.3) is 0 Å². The van der Waals surface area contributed by atoms with Crippen LogP contribution in [-0.4, -0.2) is 41.4 Å². The molecule has 0 radical (unpaired) electrons. The quantitative estimate of drug-likeness (QED) is 0.782. The molecule has 1 aliphatic heterocycles. The number of hydrogen-bond donors (Lipinski definition) is 2. The number of nitrogens with one attached hydrogen (secondary N) is 2. The molecule has 2 rings (SSSR count). The van der Waals surface area contributed by atoms with Crippen LogP contribution in [0.3, 0.4) is 0 Å². The molecule has 1 atom stereocenters. The molecule has 1 aromatic rings. The molecular weight excluding hydrogens is 270 g/mol. The maximum absolute atomic E-state index is 11.8. The van der Waals surface area contributed by atoms with E-state index in [2.05, 4.69) is 20.6 Å². The van der Waals surface area contributed by atoms with Gasteiger partial charge < -0.3 is 10.2 Å². The monoisotopic (exact) mass is 283 g/mol. The first-order valence-electron chi connectivity index (χ1n) is 5.87. The third kappa shape index (κ3) is 2.60. The van der Waals surface area contributed by atoms with Crippen molar-refractivity contribution in [2.24, 2.45) is 0 Å². The lowest BCUT2D eigenvalue weighted by Gasteiger charge is -2.34. The van der Waals surface area contributed by atoms with Gasteiger partial charge >= 0.3 is 0 Å². The first-order chi connectivity index (χ1) is 9.06. The molecule has 102 valence electrons. The Morgan fingerprint density at radius 1 is 1.58 bits per heavy atom. The van der Waals surface area contributed by atoms with E-state index in [1.165, 1.54) is 6.20 Å². The zero-order valence-electron chi connectivity index (χ0n) is 10.6. The van der Waals surface area contributed by atoms with Crippen LogP contribution in [0.2, 0.25) is 5.02 Å². The van der Waals surface area contributed by atoms with Gasteiger partial charge in [-0.1, -0.05) is 18.5 Å². The molecule has 0 aromatic carbocycles. The highest BCUT2D eigenvalue weighted by Gasteiger charge is 2.34. The molecule has 2 heterocycles. The number of amides is 2. The van der Waals surface area contributed by atoms with Crippen molar-refractivity contribution < 1.29 is 9.59 Å². The largest absolute Gasteiger partial charge is 0.357 e. The fourth-order valence-electron chi connectivity index (χ4n) is 1.97. The second-order valence-corrected chi connectivity index (χ2v) is 4.49. The first-order valence-corrected chi connectivity index (χ1v) is 6.25. The van der Waals surface area contributed by atoms with Crippen LogP contribution in [0.5, 0.6) is 0 Å². The Morgan fingerprint density at radius 2 is 2.32 bits per heavy atom. The van der Waals surface area contributed by atoms with E-state index in [9.17, 15) is 9.59 Å². The number of carbonyl (C=O) groups is 2. The molecule has 0 saturated carbocycles. The van der Waals surface area contributed by atoms with Crippen LogP contribution in [0.25, 0.3) is 0 Å². The summed E-state index contributed by atoms with van der Waals surface area (Å²) in [6.07, 6.45) is 1.99. The van der Waals surface area contributed by atoms with Gasteiger partial charge in [0.1, 0.15) is 11.1 Å². The molecule has 0 spiro atoms. The minimum atomic E-state index is -0.463. The van der Waals surface area contributed by atoms with Crippen molar-refractivity contribution in [2.45, 2.75) is 19.4 Å². The summed E-state index contributed by atoms with van der Waals surface area (Å²) in [7, 11) is 1.68. The zero-order valence-corrected chi connectivity index (χ0v) is 11.4. The highest BCUT2D eigenvalue weighted by Crippen LogP contribution is 2.27. The SMILES string of the molecule is CCC1C(=O)NC(=O)CN1c1nc(NC)ncc1Cl. The van der Waals surface area contributed by atoms with Crippen molar-refractivity contribution in [3.63, 3.8) is 0 Å². The number of hydrogen-bond acceptors (Lipinski definition) is 6. The van der Waals surface area contributed by atoms with E-state index in [0.717, 1.165) is 0 Å². The topological polar surface area (TPSA) is 87.2 Å². The minimum Gasteiger partial charge on any atom is -0.357 e. The number of piperazine rings is 1. The van der Waals surface area contributed by atoms with Crippen LogP contribution in [-0.2, 0) is 9.59 Å². The van der Waals surface area contributed by atoms with Gasteiger partial charge in [-0.25, -0.2) is 4.98 Å². The summed E-state index contributed by atoms with van der Waals surface area (Å²) in [6, 6.07) is -0.463. The van der Waals surface area contributed by atoms with Crippen LogP contribution < -0.4 is 15.5 Å². The van der Waals surface area contributed by atoms with E-state index < -0.39 is 6.04 Å². The second-order valence-electron chi connectivity index (χ2n) is 4.08. The molecular formula is C11H14ClN5O2. The Balaban J connectivity index is 2.42. The van der Waals surface area contributed by atoms with E-state index >= 15 is 0 Å². The molecule has 0 aliphatic carbocycles. The third-order valence-corrected chi connectivity index (χ3v) is 3.13. The average Bonchev–Trinajstić information content (AvgIpc) is 2.38. The van der Waals surface area contributed by atoms with E-state index in [1.807, 2.05) is 6.92 Å². The molecule has 2 N–H and O–H groups in total. The lowest BCUT2D eigenvalue weighted by atomic mass is 10.1. The summed E-state index contributed by atoms with van der Waals surface area (Å²) < 4.78 is 0. The van der Waals surface area contributed by atoms with Crippen molar-refractivity contribution >= 4 is 35.2 Å². The molecule has 0 bridgehead atoms. The molecule has 8 heteroatoms. The zero-order chi connectivity index (χ0) is 14.0. The maximum atomic E-state index is 11.8. The maximum Gasteiger partial charge on any atom is 0.249 e. The summed E-state index contributed by atoms with van der Waals surface area (Å²) in [4.78, 5) is 33.1. The van der Waals surface area contributed by atoms with Crippen molar-refractivity contribution in [1.29, 1.82) is 0 Å². The van der Waals surface area contributed by atoms with Crippen molar-refractivity contribution in [3.8, 4) is 0 Å². The predicted molar refractivity (Wildman–Crippen MR) is 71.2 cm³/mol. The van der Waals surface area contributed by atoms with Crippen molar-refractivity contribution in [3.05, 3.63) is 11.2 Å². The normalized spacial score (nSPS) is 19.3. The average molecular weight is 284 g/mol. The smallest absolute Gasteiger partial charge is 0.249 e. The van der Waals surface area contributed by atoms with Gasteiger partial charge in [0, 0.05) is 7.05 Å². The number of halogens is 1. The lowest BCUT2D eigenvalue weighted by molar-refractivity contribution is -0.132. The van der Waals surface area contributed by atoms with Crippen molar-refractivity contribution in [1.82, 2.24) is 15.3 Å². The molecule has 1 aliphatic rings. The van der Waals surface area contributed by atoms with Crippen LogP contribution in [0.15, 0.2) is 6.20 Å². The van der Waals surface area contributed by atoms with Crippen molar-refractivity contribution in [2.75, 3.05) is 23.8 Å². The van der Waals surface area contributed by atoms with Gasteiger partial charge in [-0.3, -0.25) is 14.9 Å². The number of carbonyl (C=O) groups excluding carboxylic acids is 2. The Bertz CT molecular complexity index is 522. The highest BCUT2D eigenvalue weighted by molar-refractivity contribution is 6.33. The number of nitrogens with zero attached hydrogens (tertiary/aromatic N) is 3.